The van der Waals surface area contributed by atoms with Crippen LogP contribution in [-0.2, 0) is 23.3 Å². The standard InChI is InChI=1S/C17H23N5O2/c1-17(2,22-8-5-6-9-22)15(24)21-10-7-12-13(11-21)18-16(20(3)4)19-14(12)23/h5-6,8-9H,7,10-11H2,1-4H3,(H,18,19,23). The van der Waals surface area contributed by atoms with Gasteiger partial charge in [0.2, 0.25) is 11.9 Å². The van der Waals surface area contributed by atoms with Crippen molar-refractivity contribution in [2.75, 3.05) is 25.5 Å². The molecule has 0 bridgehead atoms. The first kappa shape index (κ1) is 16.3. The topological polar surface area (TPSA) is 74.2 Å². The van der Waals surface area contributed by atoms with Crippen LogP contribution in [0, 0.1) is 0 Å². The fraction of sp³-hybridized carbons (Fsp3) is 0.471. The summed E-state index contributed by atoms with van der Waals surface area (Å²) in [5.41, 5.74) is 0.585. The molecule has 0 atom stereocenters. The van der Waals surface area contributed by atoms with Crippen LogP contribution >= 0.6 is 0 Å². The van der Waals surface area contributed by atoms with Crippen molar-refractivity contribution in [3.63, 3.8) is 0 Å². The molecule has 24 heavy (non-hydrogen) atoms. The molecule has 7 nitrogen and oxygen atoms in total. The Hall–Kier alpha value is -2.57. The molecule has 0 saturated carbocycles. The molecule has 1 aliphatic rings. The molecule has 2 aromatic rings. The van der Waals surface area contributed by atoms with Crippen LogP contribution in [0.2, 0.25) is 0 Å². The molecule has 0 saturated heterocycles. The van der Waals surface area contributed by atoms with Gasteiger partial charge in [-0.3, -0.25) is 14.6 Å². The van der Waals surface area contributed by atoms with Gasteiger partial charge in [-0.25, -0.2) is 4.98 Å². The summed E-state index contributed by atoms with van der Waals surface area (Å²) in [4.78, 5) is 36.1. The number of amides is 1. The Kier molecular flexibility index (Phi) is 3.95. The number of carbonyl (C=O) groups excluding carboxylic acids is 1. The van der Waals surface area contributed by atoms with Crippen molar-refractivity contribution in [3.05, 3.63) is 46.1 Å². The largest absolute Gasteiger partial charge is 0.348 e. The second-order valence-electron chi connectivity index (χ2n) is 6.84. The van der Waals surface area contributed by atoms with Gasteiger partial charge in [-0.2, -0.15) is 0 Å². The van der Waals surface area contributed by atoms with E-state index in [0.717, 1.165) is 0 Å². The number of aromatic nitrogens is 3. The zero-order chi connectivity index (χ0) is 17.5. The molecular formula is C17H23N5O2. The van der Waals surface area contributed by atoms with Crippen LogP contribution in [-0.4, -0.2) is 46.0 Å². The minimum atomic E-state index is -0.674. The maximum atomic E-state index is 13.0. The number of hydrogen-bond acceptors (Lipinski definition) is 4. The maximum absolute atomic E-state index is 13.0. The number of aromatic amines is 1. The first-order chi connectivity index (χ1) is 11.3. The van der Waals surface area contributed by atoms with E-state index in [1.807, 2.05) is 57.0 Å². The summed E-state index contributed by atoms with van der Waals surface area (Å²) in [7, 11) is 3.65. The summed E-state index contributed by atoms with van der Waals surface area (Å²) in [6, 6.07) is 3.82. The summed E-state index contributed by atoms with van der Waals surface area (Å²) < 4.78 is 1.90. The Labute approximate surface area is 140 Å². The van der Waals surface area contributed by atoms with E-state index < -0.39 is 5.54 Å². The van der Waals surface area contributed by atoms with E-state index in [4.69, 9.17) is 0 Å². The lowest BCUT2D eigenvalue weighted by Gasteiger charge is -2.35. The predicted molar refractivity (Wildman–Crippen MR) is 92.1 cm³/mol. The van der Waals surface area contributed by atoms with E-state index in [-0.39, 0.29) is 11.5 Å². The fourth-order valence-corrected chi connectivity index (χ4v) is 3.02. The molecule has 0 spiro atoms. The van der Waals surface area contributed by atoms with Crippen molar-refractivity contribution in [1.82, 2.24) is 19.4 Å². The molecule has 0 aliphatic carbocycles. The molecule has 3 rings (SSSR count). The second kappa shape index (κ2) is 5.81. The second-order valence-corrected chi connectivity index (χ2v) is 6.84. The van der Waals surface area contributed by atoms with Crippen molar-refractivity contribution in [2.45, 2.75) is 32.4 Å². The number of H-pyrrole nitrogens is 1. The zero-order valence-electron chi connectivity index (χ0n) is 14.5. The molecule has 3 heterocycles. The van der Waals surface area contributed by atoms with Crippen molar-refractivity contribution in [2.24, 2.45) is 0 Å². The Morgan fingerprint density at radius 1 is 1.29 bits per heavy atom. The molecule has 1 amide bonds. The summed E-state index contributed by atoms with van der Waals surface area (Å²) >= 11 is 0. The first-order valence-electron chi connectivity index (χ1n) is 8.03. The van der Waals surface area contributed by atoms with Crippen molar-refractivity contribution in [3.8, 4) is 0 Å². The highest BCUT2D eigenvalue weighted by Crippen LogP contribution is 2.23. The lowest BCUT2D eigenvalue weighted by atomic mass is 9.99. The van der Waals surface area contributed by atoms with Gasteiger partial charge < -0.3 is 14.4 Å². The number of nitrogens with zero attached hydrogens (tertiary/aromatic N) is 4. The third-order valence-corrected chi connectivity index (χ3v) is 4.55. The van der Waals surface area contributed by atoms with Gasteiger partial charge in [-0.05, 0) is 32.4 Å². The quantitative estimate of drug-likeness (QED) is 0.910. The van der Waals surface area contributed by atoms with Crippen molar-refractivity contribution < 1.29 is 4.79 Å². The number of anilines is 1. The molecule has 0 unspecified atom stereocenters. The minimum Gasteiger partial charge on any atom is -0.348 e. The average molecular weight is 329 g/mol. The van der Waals surface area contributed by atoms with Gasteiger partial charge in [0, 0.05) is 38.6 Å². The van der Waals surface area contributed by atoms with E-state index in [1.165, 1.54) is 0 Å². The molecule has 128 valence electrons. The van der Waals surface area contributed by atoms with Gasteiger partial charge in [0.25, 0.3) is 5.56 Å². The summed E-state index contributed by atoms with van der Waals surface area (Å²) in [6.07, 6.45) is 4.31. The summed E-state index contributed by atoms with van der Waals surface area (Å²) in [6.45, 7) is 4.70. The third-order valence-electron chi connectivity index (χ3n) is 4.55. The number of hydrogen-bond donors (Lipinski definition) is 1. The zero-order valence-corrected chi connectivity index (χ0v) is 14.5. The minimum absolute atomic E-state index is 0.0258. The van der Waals surface area contributed by atoms with Crippen LogP contribution < -0.4 is 10.5 Å². The summed E-state index contributed by atoms with van der Waals surface area (Å²) in [5, 5.41) is 0. The fourth-order valence-electron chi connectivity index (χ4n) is 3.02. The smallest absolute Gasteiger partial charge is 0.255 e. The lowest BCUT2D eigenvalue weighted by molar-refractivity contribution is -0.140. The molecule has 2 aromatic heterocycles. The van der Waals surface area contributed by atoms with Gasteiger partial charge >= 0.3 is 0 Å². The van der Waals surface area contributed by atoms with Crippen molar-refractivity contribution >= 4 is 11.9 Å². The highest BCUT2D eigenvalue weighted by Gasteiger charge is 2.35. The maximum Gasteiger partial charge on any atom is 0.255 e. The number of rotatable bonds is 3. The molecular weight excluding hydrogens is 306 g/mol. The number of carbonyl (C=O) groups is 1. The van der Waals surface area contributed by atoms with Crippen LogP contribution in [0.5, 0.6) is 0 Å². The highest BCUT2D eigenvalue weighted by molar-refractivity contribution is 5.84. The highest BCUT2D eigenvalue weighted by atomic mass is 16.2. The third kappa shape index (κ3) is 2.70. The van der Waals surface area contributed by atoms with E-state index in [0.29, 0.717) is 36.7 Å². The van der Waals surface area contributed by atoms with Crippen LogP contribution in [0.25, 0.3) is 0 Å². The first-order valence-corrected chi connectivity index (χ1v) is 8.03. The van der Waals surface area contributed by atoms with Gasteiger partial charge in [0.1, 0.15) is 5.54 Å². The molecule has 7 heteroatoms. The molecule has 0 aromatic carbocycles. The molecule has 1 N–H and O–H groups in total. The van der Waals surface area contributed by atoms with Gasteiger partial charge in [-0.1, -0.05) is 0 Å². The average Bonchev–Trinajstić information content (AvgIpc) is 3.08. The molecule has 1 aliphatic heterocycles. The Bertz CT molecular complexity index is 805. The van der Waals surface area contributed by atoms with Crippen LogP contribution in [0.15, 0.2) is 29.3 Å². The van der Waals surface area contributed by atoms with E-state index in [2.05, 4.69) is 9.97 Å². The van der Waals surface area contributed by atoms with Crippen LogP contribution in [0.1, 0.15) is 25.1 Å². The Morgan fingerprint density at radius 2 is 1.96 bits per heavy atom. The lowest BCUT2D eigenvalue weighted by Crippen LogP contribution is -2.49. The molecule has 0 fully saturated rings. The number of fused-ring (bicyclic) bond motifs is 1. The van der Waals surface area contributed by atoms with E-state index in [9.17, 15) is 9.59 Å². The SMILES string of the molecule is CN(C)c1nc2c(c(=O)[nH]1)CCN(C(=O)C(C)(C)n1cccc1)C2. The van der Waals surface area contributed by atoms with Crippen LogP contribution in [0.4, 0.5) is 5.95 Å². The Balaban J connectivity index is 1.89. The Morgan fingerprint density at radius 3 is 2.58 bits per heavy atom. The normalized spacial score (nSPS) is 14.4. The van der Waals surface area contributed by atoms with Gasteiger partial charge in [0.05, 0.1) is 12.2 Å². The van der Waals surface area contributed by atoms with Gasteiger partial charge in [-0.15, -0.1) is 0 Å². The van der Waals surface area contributed by atoms with Gasteiger partial charge in [0.15, 0.2) is 0 Å². The number of nitrogens with one attached hydrogen (secondary N) is 1. The summed E-state index contributed by atoms with van der Waals surface area (Å²) in [5.74, 6) is 0.538. The molecule has 0 radical (unpaired) electrons. The van der Waals surface area contributed by atoms with E-state index in [1.54, 1.807) is 9.80 Å². The predicted octanol–water partition coefficient (Wildman–Crippen LogP) is 0.957. The monoisotopic (exact) mass is 329 g/mol. The van der Waals surface area contributed by atoms with Crippen LogP contribution in [0.3, 0.4) is 0 Å². The van der Waals surface area contributed by atoms with E-state index >= 15 is 0 Å². The van der Waals surface area contributed by atoms with Crippen molar-refractivity contribution in [1.29, 1.82) is 0 Å².